The number of aliphatic hydroxyl groups is 1. The fourth-order valence-corrected chi connectivity index (χ4v) is 3.30. The average molecular weight is 203 g/mol. The van der Waals surface area contributed by atoms with Crippen molar-refractivity contribution in [1.82, 2.24) is 4.98 Å². The molecule has 2 bridgehead atoms. The molecular formula is C13H17NO. The average Bonchev–Trinajstić information content (AvgIpc) is 2.32. The van der Waals surface area contributed by atoms with Crippen LogP contribution in [0.15, 0.2) is 24.5 Å². The van der Waals surface area contributed by atoms with Crippen molar-refractivity contribution in [3.8, 4) is 0 Å². The van der Waals surface area contributed by atoms with E-state index in [1.807, 2.05) is 12.4 Å². The number of hydrogen-bond acceptors (Lipinski definition) is 2. The van der Waals surface area contributed by atoms with Gasteiger partial charge in [0, 0.05) is 12.4 Å². The van der Waals surface area contributed by atoms with E-state index in [0.29, 0.717) is 5.41 Å². The molecule has 1 aromatic rings. The van der Waals surface area contributed by atoms with Crippen LogP contribution < -0.4 is 0 Å². The van der Waals surface area contributed by atoms with Gasteiger partial charge in [0.2, 0.25) is 0 Å². The molecule has 3 aliphatic rings. The summed E-state index contributed by atoms with van der Waals surface area (Å²) < 4.78 is 0. The summed E-state index contributed by atoms with van der Waals surface area (Å²) in [7, 11) is 0. The van der Waals surface area contributed by atoms with Crippen LogP contribution in [0.3, 0.4) is 0 Å². The molecule has 0 atom stereocenters. The van der Waals surface area contributed by atoms with Gasteiger partial charge in [0.15, 0.2) is 0 Å². The van der Waals surface area contributed by atoms with Gasteiger partial charge >= 0.3 is 0 Å². The van der Waals surface area contributed by atoms with Crippen LogP contribution >= 0.6 is 0 Å². The number of hydrogen-bond donors (Lipinski definition) is 1. The van der Waals surface area contributed by atoms with E-state index >= 15 is 0 Å². The Labute approximate surface area is 90.4 Å². The second kappa shape index (κ2) is 3.05. The second-order valence-electron chi connectivity index (χ2n) is 5.24. The highest BCUT2D eigenvalue weighted by atomic mass is 16.3. The fraction of sp³-hybridized carbons (Fsp3) is 0.615. The topological polar surface area (TPSA) is 33.1 Å². The van der Waals surface area contributed by atoms with Crippen molar-refractivity contribution < 1.29 is 5.11 Å². The van der Waals surface area contributed by atoms with Crippen molar-refractivity contribution >= 4 is 0 Å². The highest BCUT2D eigenvalue weighted by Crippen LogP contribution is 2.53. The summed E-state index contributed by atoms with van der Waals surface area (Å²) in [4.78, 5) is 4.08. The van der Waals surface area contributed by atoms with Gasteiger partial charge in [0.05, 0.1) is 5.60 Å². The van der Waals surface area contributed by atoms with Gasteiger partial charge in [0.25, 0.3) is 0 Å². The standard InChI is InChI=1S/C13H17NO/c15-13-6-3-12(4-7-13,5-8-13)11-1-9-14-10-2-11/h1-2,9-10,15H,3-8H2. The smallest absolute Gasteiger partial charge is 0.0648 e. The Kier molecular flexibility index (Phi) is 1.90. The minimum atomic E-state index is -0.325. The third kappa shape index (κ3) is 1.39. The summed E-state index contributed by atoms with van der Waals surface area (Å²) in [6.45, 7) is 0. The number of pyridine rings is 1. The molecule has 0 radical (unpaired) electrons. The number of aromatic nitrogens is 1. The van der Waals surface area contributed by atoms with Crippen LogP contribution in [0.1, 0.15) is 44.1 Å². The normalized spacial score (nSPS) is 39.3. The van der Waals surface area contributed by atoms with Crippen molar-refractivity contribution in [2.75, 3.05) is 0 Å². The van der Waals surface area contributed by atoms with Crippen LogP contribution in [0.2, 0.25) is 0 Å². The monoisotopic (exact) mass is 203 g/mol. The second-order valence-corrected chi connectivity index (χ2v) is 5.24. The Morgan fingerprint density at radius 1 is 0.933 bits per heavy atom. The van der Waals surface area contributed by atoms with Crippen LogP contribution in [-0.2, 0) is 5.41 Å². The highest BCUT2D eigenvalue weighted by Gasteiger charge is 2.48. The Morgan fingerprint density at radius 3 is 2.00 bits per heavy atom. The van der Waals surface area contributed by atoms with Gasteiger partial charge in [-0.2, -0.15) is 0 Å². The van der Waals surface area contributed by atoms with Crippen LogP contribution in [0.5, 0.6) is 0 Å². The first-order valence-electron chi connectivity index (χ1n) is 5.86. The van der Waals surface area contributed by atoms with E-state index in [1.165, 1.54) is 5.56 Å². The maximum absolute atomic E-state index is 10.2. The third-order valence-corrected chi connectivity index (χ3v) is 4.50. The maximum Gasteiger partial charge on any atom is 0.0648 e. The Hall–Kier alpha value is -0.890. The molecule has 3 fully saturated rings. The van der Waals surface area contributed by atoms with Crippen LogP contribution in [0, 0.1) is 0 Å². The zero-order chi connectivity index (χ0) is 10.4. The minimum absolute atomic E-state index is 0.325. The summed E-state index contributed by atoms with van der Waals surface area (Å²) >= 11 is 0. The van der Waals surface area contributed by atoms with E-state index < -0.39 is 0 Å². The first-order valence-corrected chi connectivity index (χ1v) is 5.86. The first-order chi connectivity index (χ1) is 7.23. The SMILES string of the molecule is OC12CCC(c3ccncc3)(CC1)CC2. The summed E-state index contributed by atoms with van der Waals surface area (Å²) in [6, 6.07) is 4.30. The van der Waals surface area contributed by atoms with Crippen molar-refractivity contribution in [3.63, 3.8) is 0 Å². The molecule has 80 valence electrons. The van der Waals surface area contributed by atoms with Crippen molar-refractivity contribution in [3.05, 3.63) is 30.1 Å². The quantitative estimate of drug-likeness (QED) is 0.760. The zero-order valence-corrected chi connectivity index (χ0v) is 8.95. The highest BCUT2D eigenvalue weighted by molar-refractivity contribution is 5.26. The van der Waals surface area contributed by atoms with Gasteiger partial charge in [-0.05, 0) is 61.6 Å². The molecule has 4 rings (SSSR count). The van der Waals surface area contributed by atoms with Gasteiger partial charge in [-0.3, -0.25) is 4.98 Å². The molecule has 3 saturated carbocycles. The Bertz CT molecular complexity index is 336. The van der Waals surface area contributed by atoms with Gasteiger partial charge in [-0.1, -0.05) is 0 Å². The zero-order valence-electron chi connectivity index (χ0n) is 8.95. The number of rotatable bonds is 1. The van der Waals surface area contributed by atoms with Gasteiger partial charge in [0.1, 0.15) is 0 Å². The number of nitrogens with zero attached hydrogens (tertiary/aromatic N) is 1. The fourth-order valence-electron chi connectivity index (χ4n) is 3.30. The summed E-state index contributed by atoms with van der Waals surface area (Å²) in [5.74, 6) is 0. The third-order valence-electron chi connectivity index (χ3n) is 4.50. The predicted octanol–water partition coefficient (Wildman–Crippen LogP) is 2.42. The van der Waals surface area contributed by atoms with E-state index in [9.17, 15) is 5.11 Å². The molecule has 1 N–H and O–H groups in total. The van der Waals surface area contributed by atoms with Crippen LogP contribution in [0.25, 0.3) is 0 Å². The van der Waals surface area contributed by atoms with Crippen molar-refractivity contribution in [2.24, 2.45) is 0 Å². The maximum atomic E-state index is 10.2. The molecular weight excluding hydrogens is 186 g/mol. The van der Waals surface area contributed by atoms with E-state index in [1.54, 1.807) is 0 Å². The van der Waals surface area contributed by atoms with E-state index in [2.05, 4.69) is 17.1 Å². The lowest BCUT2D eigenvalue weighted by Crippen LogP contribution is -2.48. The van der Waals surface area contributed by atoms with Crippen LogP contribution in [0.4, 0.5) is 0 Å². The molecule has 0 saturated heterocycles. The van der Waals surface area contributed by atoms with Crippen LogP contribution in [-0.4, -0.2) is 15.7 Å². The molecule has 0 aromatic carbocycles. The molecule has 1 aromatic heterocycles. The Morgan fingerprint density at radius 2 is 1.47 bits per heavy atom. The molecule has 0 unspecified atom stereocenters. The molecule has 3 aliphatic carbocycles. The molecule has 2 heteroatoms. The van der Waals surface area contributed by atoms with E-state index in [0.717, 1.165) is 38.5 Å². The van der Waals surface area contributed by atoms with E-state index in [-0.39, 0.29) is 5.60 Å². The van der Waals surface area contributed by atoms with Crippen molar-refractivity contribution in [2.45, 2.75) is 49.5 Å². The molecule has 0 amide bonds. The first kappa shape index (κ1) is 9.34. The van der Waals surface area contributed by atoms with Crippen molar-refractivity contribution in [1.29, 1.82) is 0 Å². The lowest BCUT2D eigenvalue weighted by Gasteiger charge is -2.51. The largest absolute Gasteiger partial charge is 0.390 e. The molecule has 0 aliphatic heterocycles. The lowest BCUT2D eigenvalue weighted by molar-refractivity contribution is -0.0660. The van der Waals surface area contributed by atoms with E-state index in [4.69, 9.17) is 0 Å². The number of fused-ring (bicyclic) bond motifs is 3. The molecule has 15 heavy (non-hydrogen) atoms. The molecule has 0 spiro atoms. The van der Waals surface area contributed by atoms with Gasteiger partial charge < -0.3 is 5.11 Å². The molecule has 2 nitrogen and oxygen atoms in total. The lowest BCUT2D eigenvalue weighted by atomic mass is 9.56. The Balaban J connectivity index is 1.94. The summed E-state index contributed by atoms with van der Waals surface area (Å²) in [6.07, 6.45) is 10.2. The summed E-state index contributed by atoms with van der Waals surface area (Å²) in [5.41, 5.74) is 1.46. The van der Waals surface area contributed by atoms with Gasteiger partial charge in [-0.15, -0.1) is 0 Å². The predicted molar refractivity (Wildman–Crippen MR) is 58.6 cm³/mol. The van der Waals surface area contributed by atoms with Gasteiger partial charge in [-0.25, -0.2) is 0 Å². The molecule has 1 heterocycles. The minimum Gasteiger partial charge on any atom is -0.390 e. The summed E-state index contributed by atoms with van der Waals surface area (Å²) in [5, 5.41) is 10.2.